The van der Waals surface area contributed by atoms with Crippen molar-refractivity contribution in [3.63, 3.8) is 0 Å². The number of hydrogen-bond acceptors (Lipinski definition) is 3. The van der Waals surface area contributed by atoms with E-state index in [9.17, 15) is 4.79 Å². The van der Waals surface area contributed by atoms with E-state index in [1.807, 2.05) is 36.0 Å². The summed E-state index contributed by atoms with van der Waals surface area (Å²) < 4.78 is 1.93. The number of imidazole rings is 1. The number of carbonyl (C=O) groups excluding carboxylic acids is 1. The molecule has 0 unspecified atom stereocenters. The van der Waals surface area contributed by atoms with Crippen LogP contribution in [0.1, 0.15) is 22.5 Å². The number of carbonyl (C=O) groups is 1. The van der Waals surface area contributed by atoms with Gasteiger partial charge in [0.15, 0.2) is 0 Å². The van der Waals surface area contributed by atoms with Gasteiger partial charge in [-0.3, -0.25) is 9.69 Å². The van der Waals surface area contributed by atoms with Gasteiger partial charge >= 0.3 is 0 Å². The molecule has 1 aliphatic rings. The van der Waals surface area contributed by atoms with E-state index in [1.165, 1.54) is 16.7 Å². The second-order valence-electron chi connectivity index (χ2n) is 7.63. The molecule has 1 heterocycles. The number of rotatable bonds is 6. The van der Waals surface area contributed by atoms with Crippen LogP contribution in [0.4, 0.5) is 0 Å². The summed E-state index contributed by atoms with van der Waals surface area (Å²) >= 11 is 0. The van der Waals surface area contributed by atoms with Gasteiger partial charge in [-0.2, -0.15) is 0 Å². The second-order valence-corrected chi connectivity index (χ2v) is 7.63. The molecule has 4 rings (SSSR count). The van der Waals surface area contributed by atoms with E-state index in [4.69, 9.17) is 0 Å². The van der Waals surface area contributed by atoms with E-state index in [-0.39, 0.29) is 5.91 Å². The fourth-order valence-electron chi connectivity index (χ4n) is 4.10. The third-order valence-electron chi connectivity index (χ3n) is 5.83. The quantitative estimate of drug-likeness (QED) is 0.722. The maximum atomic E-state index is 13.5. The van der Waals surface area contributed by atoms with Crippen molar-refractivity contribution in [2.75, 3.05) is 7.05 Å². The number of hydrogen-bond donors (Lipinski definition) is 1. The summed E-state index contributed by atoms with van der Waals surface area (Å²) in [6.07, 6.45) is 5.09. The molecule has 5 nitrogen and oxygen atoms in total. The minimum atomic E-state index is -0.593. The third-order valence-corrected chi connectivity index (χ3v) is 5.83. The predicted octanol–water partition coefficient (Wildman–Crippen LogP) is 2.71. The molecule has 0 fully saturated rings. The number of nitrogens with zero attached hydrogens (tertiary/aromatic N) is 3. The van der Waals surface area contributed by atoms with Gasteiger partial charge in [0.05, 0.1) is 6.54 Å². The number of amides is 1. The molecule has 2 aromatic carbocycles. The summed E-state index contributed by atoms with van der Waals surface area (Å²) in [5, 5.41) is 3.15. The van der Waals surface area contributed by atoms with Crippen molar-refractivity contribution in [3.8, 4) is 0 Å². The topological polar surface area (TPSA) is 50.2 Å². The average molecular weight is 374 g/mol. The van der Waals surface area contributed by atoms with Crippen LogP contribution in [0.5, 0.6) is 0 Å². The van der Waals surface area contributed by atoms with Crippen molar-refractivity contribution in [2.45, 2.75) is 31.5 Å². The van der Waals surface area contributed by atoms with Crippen molar-refractivity contribution in [1.29, 1.82) is 0 Å². The predicted molar refractivity (Wildman–Crippen MR) is 110 cm³/mol. The Hall–Kier alpha value is -2.92. The summed E-state index contributed by atoms with van der Waals surface area (Å²) in [7, 11) is 4.00. The zero-order chi connectivity index (χ0) is 19.6. The number of aryl methyl sites for hydroxylation is 1. The first kappa shape index (κ1) is 18.4. The molecule has 0 atom stereocenters. The normalized spacial score (nSPS) is 14.8. The lowest BCUT2D eigenvalue weighted by atomic mass is 9.91. The number of fused-ring (bicyclic) bond motifs is 1. The molecule has 0 bridgehead atoms. The fourth-order valence-corrected chi connectivity index (χ4v) is 4.10. The van der Waals surface area contributed by atoms with Crippen LogP contribution < -0.4 is 5.32 Å². The van der Waals surface area contributed by atoms with Crippen molar-refractivity contribution in [2.24, 2.45) is 7.05 Å². The first-order valence-corrected chi connectivity index (χ1v) is 9.65. The van der Waals surface area contributed by atoms with Crippen LogP contribution in [-0.2, 0) is 37.8 Å². The molecule has 0 spiro atoms. The van der Waals surface area contributed by atoms with Crippen molar-refractivity contribution >= 4 is 5.91 Å². The first-order valence-electron chi connectivity index (χ1n) is 9.65. The Kier molecular flexibility index (Phi) is 5.01. The fraction of sp³-hybridized carbons (Fsp3) is 0.304. The number of nitrogens with one attached hydrogen (secondary N) is 1. The van der Waals surface area contributed by atoms with Gasteiger partial charge in [0, 0.05) is 38.8 Å². The Balaban J connectivity index is 1.58. The summed E-state index contributed by atoms with van der Waals surface area (Å²) in [5.74, 6) is 0.912. The highest BCUT2D eigenvalue weighted by Crippen LogP contribution is 2.35. The third kappa shape index (κ3) is 3.45. The van der Waals surface area contributed by atoms with Gasteiger partial charge in [0.2, 0.25) is 5.91 Å². The smallest absolute Gasteiger partial charge is 0.241 e. The van der Waals surface area contributed by atoms with Gasteiger partial charge in [-0.15, -0.1) is 0 Å². The van der Waals surface area contributed by atoms with E-state index in [0.29, 0.717) is 6.54 Å². The van der Waals surface area contributed by atoms with Gasteiger partial charge in [-0.05, 0) is 23.7 Å². The molecule has 5 heteroatoms. The maximum Gasteiger partial charge on any atom is 0.241 e. The highest BCUT2D eigenvalue weighted by Gasteiger charge is 2.46. The van der Waals surface area contributed by atoms with E-state index < -0.39 is 5.54 Å². The van der Waals surface area contributed by atoms with Crippen LogP contribution in [0.3, 0.4) is 0 Å². The molecule has 1 aromatic heterocycles. The van der Waals surface area contributed by atoms with Gasteiger partial charge in [-0.1, -0.05) is 54.6 Å². The lowest BCUT2D eigenvalue weighted by molar-refractivity contribution is -0.133. The Morgan fingerprint density at radius 1 is 1.11 bits per heavy atom. The minimum Gasteiger partial charge on any atom is -0.347 e. The lowest BCUT2D eigenvalue weighted by Crippen LogP contribution is -2.58. The molecule has 28 heavy (non-hydrogen) atoms. The summed E-state index contributed by atoms with van der Waals surface area (Å²) in [6, 6.07) is 18.7. The molecule has 1 N–H and O–H groups in total. The first-order chi connectivity index (χ1) is 13.6. The molecule has 3 aromatic rings. The molecule has 1 aliphatic carbocycles. The average Bonchev–Trinajstić information content (AvgIpc) is 3.31. The van der Waals surface area contributed by atoms with E-state index in [1.54, 1.807) is 6.20 Å². The van der Waals surface area contributed by atoms with Crippen molar-refractivity contribution < 1.29 is 4.79 Å². The Bertz CT molecular complexity index is 938. The molecular formula is C23H26N4O. The van der Waals surface area contributed by atoms with Crippen molar-refractivity contribution in [1.82, 2.24) is 19.8 Å². The monoisotopic (exact) mass is 374 g/mol. The van der Waals surface area contributed by atoms with Crippen LogP contribution in [-0.4, -0.2) is 32.9 Å². The Labute approximate surface area is 166 Å². The van der Waals surface area contributed by atoms with E-state index in [0.717, 1.165) is 25.2 Å². The molecular weight excluding hydrogens is 348 g/mol. The van der Waals surface area contributed by atoms with Crippen LogP contribution in [0.25, 0.3) is 0 Å². The van der Waals surface area contributed by atoms with Crippen molar-refractivity contribution in [3.05, 3.63) is 89.5 Å². The largest absolute Gasteiger partial charge is 0.347 e. The molecule has 0 saturated heterocycles. The van der Waals surface area contributed by atoms with Crippen LogP contribution in [0.2, 0.25) is 0 Å². The Morgan fingerprint density at radius 3 is 2.36 bits per heavy atom. The van der Waals surface area contributed by atoms with Gasteiger partial charge < -0.3 is 9.88 Å². The lowest BCUT2D eigenvalue weighted by Gasteiger charge is -2.37. The maximum absolute atomic E-state index is 13.5. The van der Waals surface area contributed by atoms with Gasteiger partial charge in [-0.25, -0.2) is 4.98 Å². The van der Waals surface area contributed by atoms with Crippen LogP contribution >= 0.6 is 0 Å². The standard InChI is InChI=1S/C23H26N4O/c1-26-13-12-24-21(26)16-25-22(28)23(14-19-10-6-7-11-20(19)15-23)27(2)17-18-8-4-3-5-9-18/h3-13H,14-17H2,1-2H3,(H,25,28). The molecule has 0 aliphatic heterocycles. The minimum absolute atomic E-state index is 0.0603. The van der Waals surface area contributed by atoms with Crippen LogP contribution in [0, 0.1) is 0 Å². The highest BCUT2D eigenvalue weighted by atomic mass is 16.2. The second kappa shape index (κ2) is 7.60. The molecule has 0 radical (unpaired) electrons. The molecule has 1 amide bonds. The Morgan fingerprint density at radius 2 is 1.75 bits per heavy atom. The zero-order valence-electron chi connectivity index (χ0n) is 16.4. The SMILES string of the molecule is CN(Cc1ccccc1)C1(C(=O)NCc2nccn2C)Cc2ccccc2C1. The summed E-state index contributed by atoms with van der Waals surface area (Å²) in [6.45, 7) is 1.16. The molecule has 144 valence electrons. The highest BCUT2D eigenvalue weighted by molar-refractivity contribution is 5.88. The van der Waals surface area contributed by atoms with Crippen LogP contribution in [0.15, 0.2) is 67.0 Å². The summed E-state index contributed by atoms with van der Waals surface area (Å²) in [5.41, 5.74) is 3.13. The summed E-state index contributed by atoms with van der Waals surface area (Å²) in [4.78, 5) is 20.0. The molecule has 0 saturated carbocycles. The van der Waals surface area contributed by atoms with E-state index >= 15 is 0 Å². The van der Waals surface area contributed by atoms with Gasteiger partial charge in [0.1, 0.15) is 11.4 Å². The number of benzene rings is 2. The number of likely N-dealkylation sites (N-methyl/N-ethyl adjacent to an activating group) is 1. The van der Waals surface area contributed by atoms with Gasteiger partial charge in [0.25, 0.3) is 0 Å². The van der Waals surface area contributed by atoms with E-state index in [2.05, 4.69) is 58.6 Å². The number of aromatic nitrogens is 2. The zero-order valence-corrected chi connectivity index (χ0v) is 16.4.